The maximum atomic E-state index is 13.3. The van der Waals surface area contributed by atoms with Gasteiger partial charge < -0.3 is 9.64 Å². The quantitative estimate of drug-likeness (QED) is 0.582. The van der Waals surface area contributed by atoms with Gasteiger partial charge in [-0.25, -0.2) is 13.1 Å². The molecular weight excluding hydrogens is 428 g/mol. The number of ether oxygens (including phenoxy) is 1. The summed E-state index contributed by atoms with van der Waals surface area (Å²) in [6, 6.07) is 9.24. The Morgan fingerprint density at radius 3 is 2.09 bits per heavy atom. The number of benzene rings is 1. The summed E-state index contributed by atoms with van der Waals surface area (Å²) in [7, 11) is -2.00. The second kappa shape index (κ2) is 8.51. The molecule has 10 heteroatoms. The topological polar surface area (TPSA) is 93.5 Å². The molecule has 32 heavy (non-hydrogen) atoms. The van der Waals surface area contributed by atoms with E-state index in [9.17, 15) is 8.42 Å². The molecule has 1 aliphatic rings. The van der Waals surface area contributed by atoms with E-state index in [-0.39, 0.29) is 0 Å². The third kappa shape index (κ3) is 4.07. The van der Waals surface area contributed by atoms with Crippen LogP contribution >= 0.6 is 0 Å². The van der Waals surface area contributed by atoms with E-state index in [0.717, 1.165) is 22.8 Å². The molecule has 0 bridgehead atoms. The number of hydrogen-bond donors (Lipinski definition) is 0. The number of hydrogen-bond acceptors (Lipinski definition) is 7. The second-order valence-corrected chi connectivity index (χ2v) is 9.97. The third-order valence-electron chi connectivity index (χ3n) is 5.74. The van der Waals surface area contributed by atoms with Crippen LogP contribution < -0.4 is 9.64 Å². The Morgan fingerprint density at radius 2 is 1.53 bits per heavy atom. The van der Waals surface area contributed by atoms with Gasteiger partial charge in [0.2, 0.25) is 10.0 Å². The first-order valence-corrected chi connectivity index (χ1v) is 11.9. The van der Waals surface area contributed by atoms with Gasteiger partial charge in [-0.1, -0.05) is 0 Å². The summed E-state index contributed by atoms with van der Waals surface area (Å²) in [6.07, 6.45) is 0. The molecule has 170 valence electrons. The van der Waals surface area contributed by atoms with Crippen molar-refractivity contribution < 1.29 is 13.2 Å². The Labute approximate surface area is 188 Å². The fourth-order valence-corrected chi connectivity index (χ4v) is 5.73. The number of piperazine rings is 1. The standard InChI is InChI=1S/C22H28N6O3S/c1-15-13-20(16(2)12-19(15)31-5)32(29,30)27-10-8-26(9-11-27)21-6-7-22(24-23-21)28-18(4)14-17(3)25-28/h6-7,12-14H,8-11H2,1-5H3. The molecule has 0 unspecified atom stereocenters. The molecule has 0 N–H and O–H groups in total. The number of aryl methyl sites for hydroxylation is 4. The molecule has 0 aliphatic carbocycles. The highest BCUT2D eigenvalue weighted by molar-refractivity contribution is 7.89. The zero-order valence-electron chi connectivity index (χ0n) is 19.0. The third-order valence-corrected chi connectivity index (χ3v) is 7.78. The van der Waals surface area contributed by atoms with Crippen molar-refractivity contribution in [1.29, 1.82) is 0 Å². The minimum Gasteiger partial charge on any atom is -0.496 e. The maximum Gasteiger partial charge on any atom is 0.243 e. The fourth-order valence-electron chi connectivity index (χ4n) is 4.02. The molecule has 1 fully saturated rings. The van der Waals surface area contributed by atoms with Gasteiger partial charge in [0.25, 0.3) is 0 Å². The molecule has 1 aliphatic heterocycles. The van der Waals surface area contributed by atoms with Crippen LogP contribution in [-0.4, -0.2) is 66.0 Å². The van der Waals surface area contributed by atoms with Gasteiger partial charge in [-0.2, -0.15) is 9.40 Å². The molecule has 0 amide bonds. The smallest absolute Gasteiger partial charge is 0.243 e. The van der Waals surface area contributed by atoms with Crippen LogP contribution in [0.2, 0.25) is 0 Å². The number of aromatic nitrogens is 4. The fraction of sp³-hybridized carbons (Fsp3) is 0.409. The molecule has 2 aromatic heterocycles. The van der Waals surface area contributed by atoms with Crippen molar-refractivity contribution in [2.24, 2.45) is 0 Å². The Kier molecular flexibility index (Phi) is 5.91. The Hall–Kier alpha value is -2.98. The van der Waals surface area contributed by atoms with Crippen molar-refractivity contribution in [2.45, 2.75) is 32.6 Å². The highest BCUT2D eigenvalue weighted by Gasteiger charge is 2.30. The van der Waals surface area contributed by atoms with Crippen LogP contribution in [0.3, 0.4) is 0 Å². The van der Waals surface area contributed by atoms with Crippen LogP contribution in [-0.2, 0) is 10.0 Å². The zero-order valence-corrected chi connectivity index (χ0v) is 19.8. The van der Waals surface area contributed by atoms with Crippen LogP contribution in [0.5, 0.6) is 5.75 Å². The monoisotopic (exact) mass is 456 g/mol. The van der Waals surface area contributed by atoms with Gasteiger partial charge in [-0.05, 0) is 69.2 Å². The van der Waals surface area contributed by atoms with E-state index < -0.39 is 10.0 Å². The average Bonchev–Trinajstić information content (AvgIpc) is 3.13. The molecule has 0 atom stereocenters. The van der Waals surface area contributed by atoms with E-state index in [1.165, 1.54) is 4.31 Å². The minimum absolute atomic E-state index is 0.332. The van der Waals surface area contributed by atoms with Crippen molar-refractivity contribution in [2.75, 3.05) is 38.2 Å². The van der Waals surface area contributed by atoms with Gasteiger partial charge in [0.15, 0.2) is 11.6 Å². The van der Waals surface area contributed by atoms with E-state index >= 15 is 0 Å². The predicted octanol–water partition coefficient (Wildman–Crippen LogP) is 2.42. The first kappa shape index (κ1) is 22.2. The lowest BCUT2D eigenvalue weighted by Gasteiger charge is -2.34. The van der Waals surface area contributed by atoms with Crippen molar-refractivity contribution >= 4 is 15.8 Å². The summed E-state index contributed by atoms with van der Waals surface area (Å²) in [6.45, 7) is 9.41. The summed E-state index contributed by atoms with van der Waals surface area (Å²) in [5.41, 5.74) is 3.40. The van der Waals surface area contributed by atoms with Gasteiger partial charge in [0.05, 0.1) is 17.7 Å². The van der Waals surface area contributed by atoms with Crippen LogP contribution in [0.25, 0.3) is 5.82 Å². The Balaban J connectivity index is 1.47. The molecule has 4 rings (SSSR count). The first-order chi connectivity index (χ1) is 15.2. The summed E-state index contributed by atoms with van der Waals surface area (Å²) in [4.78, 5) is 2.38. The summed E-state index contributed by atoms with van der Waals surface area (Å²) in [5, 5.41) is 13.1. The molecule has 3 heterocycles. The molecule has 0 saturated carbocycles. The highest BCUT2D eigenvalue weighted by atomic mass is 32.2. The predicted molar refractivity (Wildman–Crippen MR) is 122 cm³/mol. The van der Waals surface area contributed by atoms with Crippen LogP contribution in [0.1, 0.15) is 22.5 Å². The van der Waals surface area contributed by atoms with E-state index in [4.69, 9.17) is 4.74 Å². The molecule has 1 aromatic carbocycles. The number of rotatable bonds is 5. The van der Waals surface area contributed by atoms with Gasteiger partial charge in [-0.15, -0.1) is 10.2 Å². The largest absolute Gasteiger partial charge is 0.496 e. The maximum absolute atomic E-state index is 13.3. The molecule has 0 radical (unpaired) electrons. The van der Waals surface area contributed by atoms with Crippen molar-refractivity contribution in [3.05, 3.63) is 52.8 Å². The van der Waals surface area contributed by atoms with E-state index in [0.29, 0.717) is 48.2 Å². The van der Waals surface area contributed by atoms with Crippen molar-refractivity contribution in [3.63, 3.8) is 0 Å². The van der Waals surface area contributed by atoms with E-state index in [1.807, 2.05) is 39.0 Å². The van der Waals surface area contributed by atoms with E-state index in [1.54, 1.807) is 30.8 Å². The second-order valence-electron chi connectivity index (χ2n) is 8.07. The van der Waals surface area contributed by atoms with Crippen LogP contribution in [0.15, 0.2) is 35.2 Å². The number of sulfonamides is 1. The number of methoxy groups -OCH3 is 1. The zero-order chi connectivity index (χ0) is 23.0. The van der Waals surface area contributed by atoms with Crippen molar-refractivity contribution in [1.82, 2.24) is 24.3 Å². The lowest BCUT2D eigenvalue weighted by Crippen LogP contribution is -2.49. The highest BCUT2D eigenvalue weighted by Crippen LogP contribution is 2.28. The SMILES string of the molecule is COc1cc(C)c(S(=O)(=O)N2CCN(c3ccc(-n4nc(C)cc4C)nn3)CC2)cc1C. The van der Waals surface area contributed by atoms with Gasteiger partial charge in [0, 0.05) is 31.9 Å². The summed E-state index contributed by atoms with van der Waals surface area (Å²) in [5.74, 6) is 2.07. The Bertz CT molecular complexity index is 1230. The lowest BCUT2D eigenvalue weighted by atomic mass is 10.1. The van der Waals surface area contributed by atoms with Crippen LogP contribution in [0.4, 0.5) is 5.82 Å². The molecule has 3 aromatic rings. The van der Waals surface area contributed by atoms with Gasteiger partial charge in [-0.3, -0.25) is 0 Å². The Morgan fingerprint density at radius 1 is 0.875 bits per heavy atom. The van der Waals surface area contributed by atoms with Crippen molar-refractivity contribution in [3.8, 4) is 11.6 Å². The number of nitrogens with zero attached hydrogens (tertiary/aromatic N) is 6. The normalized spacial score (nSPS) is 15.2. The molecule has 1 saturated heterocycles. The minimum atomic E-state index is -3.59. The molecule has 0 spiro atoms. The summed E-state index contributed by atoms with van der Waals surface area (Å²) < 4.78 is 35.1. The van der Waals surface area contributed by atoms with Crippen LogP contribution in [0, 0.1) is 27.7 Å². The lowest BCUT2D eigenvalue weighted by molar-refractivity contribution is 0.382. The average molecular weight is 457 g/mol. The molecule has 9 nitrogen and oxygen atoms in total. The van der Waals surface area contributed by atoms with Gasteiger partial charge >= 0.3 is 0 Å². The molecular formula is C22H28N6O3S. The van der Waals surface area contributed by atoms with E-state index in [2.05, 4.69) is 20.2 Å². The van der Waals surface area contributed by atoms with Gasteiger partial charge in [0.1, 0.15) is 5.75 Å². The number of anilines is 1. The first-order valence-electron chi connectivity index (χ1n) is 10.5. The summed E-state index contributed by atoms with van der Waals surface area (Å²) >= 11 is 0.